The highest BCUT2D eigenvalue weighted by molar-refractivity contribution is 6.30. The van der Waals surface area contributed by atoms with E-state index >= 15 is 0 Å². The van der Waals surface area contributed by atoms with E-state index in [0.29, 0.717) is 17.2 Å². The van der Waals surface area contributed by atoms with E-state index in [4.69, 9.17) is 16.3 Å². The smallest absolute Gasteiger partial charge is 0.338 e. The summed E-state index contributed by atoms with van der Waals surface area (Å²) in [4.78, 5) is 12.9. The summed E-state index contributed by atoms with van der Waals surface area (Å²) in [6, 6.07) is 6.78. The topological polar surface area (TPSA) is 30.7 Å². The zero-order valence-corrected chi connectivity index (χ0v) is 10.4. The molecule has 0 aliphatic carbocycles. The molecule has 0 saturated carbocycles. The number of nitrogens with one attached hydrogen (secondary N) is 1. The minimum absolute atomic E-state index is 0.309. The standard InChI is InChI=1S/C12H16ClNO2/c1-14(2)7-4-8-16-12(15)10-5-3-6-11(13)9-10/h3,5-6,9H,4,7-8H2,1-2H3/p+1. The number of carbonyl (C=O) groups is 1. The molecule has 0 aliphatic heterocycles. The molecule has 0 unspecified atom stereocenters. The summed E-state index contributed by atoms with van der Waals surface area (Å²) in [6.45, 7) is 1.44. The van der Waals surface area contributed by atoms with Gasteiger partial charge in [-0.3, -0.25) is 0 Å². The van der Waals surface area contributed by atoms with Gasteiger partial charge < -0.3 is 9.64 Å². The molecule has 88 valence electrons. The summed E-state index contributed by atoms with van der Waals surface area (Å²) >= 11 is 5.78. The molecule has 1 aromatic rings. The van der Waals surface area contributed by atoms with Gasteiger partial charge in [-0.25, -0.2) is 4.79 Å². The maximum absolute atomic E-state index is 11.6. The first-order chi connectivity index (χ1) is 7.59. The van der Waals surface area contributed by atoms with E-state index in [1.807, 2.05) is 0 Å². The number of carbonyl (C=O) groups excluding carboxylic acids is 1. The lowest BCUT2D eigenvalue weighted by atomic mass is 10.2. The molecule has 0 amide bonds. The van der Waals surface area contributed by atoms with Gasteiger partial charge in [0.2, 0.25) is 0 Å². The first-order valence-corrected chi connectivity index (χ1v) is 5.69. The third-order valence-electron chi connectivity index (χ3n) is 2.11. The lowest BCUT2D eigenvalue weighted by molar-refractivity contribution is -0.858. The van der Waals surface area contributed by atoms with Crippen LogP contribution in [0.25, 0.3) is 0 Å². The fraction of sp³-hybridized carbons (Fsp3) is 0.417. The molecule has 0 fully saturated rings. The normalized spacial score (nSPS) is 10.5. The van der Waals surface area contributed by atoms with Crippen molar-refractivity contribution in [2.45, 2.75) is 6.42 Å². The van der Waals surface area contributed by atoms with Gasteiger partial charge in [0.15, 0.2) is 0 Å². The Morgan fingerprint density at radius 1 is 1.44 bits per heavy atom. The Balaban J connectivity index is 2.35. The second-order valence-corrected chi connectivity index (χ2v) is 4.39. The van der Waals surface area contributed by atoms with Crippen LogP contribution in [0.5, 0.6) is 0 Å². The summed E-state index contributed by atoms with van der Waals surface area (Å²) in [5.41, 5.74) is 0.504. The van der Waals surface area contributed by atoms with E-state index in [-0.39, 0.29) is 5.97 Å². The van der Waals surface area contributed by atoms with Crippen LogP contribution in [-0.4, -0.2) is 33.2 Å². The molecule has 3 nitrogen and oxygen atoms in total. The predicted molar refractivity (Wildman–Crippen MR) is 64.0 cm³/mol. The fourth-order valence-corrected chi connectivity index (χ4v) is 1.48. The summed E-state index contributed by atoms with van der Waals surface area (Å²) in [5, 5.41) is 0.548. The van der Waals surface area contributed by atoms with E-state index in [2.05, 4.69) is 14.1 Å². The second kappa shape index (κ2) is 6.51. The van der Waals surface area contributed by atoms with Crippen molar-refractivity contribution in [1.29, 1.82) is 0 Å². The highest BCUT2D eigenvalue weighted by Crippen LogP contribution is 2.11. The molecule has 0 radical (unpaired) electrons. The molecular formula is C12H17ClNO2+. The van der Waals surface area contributed by atoms with Gasteiger partial charge in [-0.05, 0) is 18.2 Å². The zero-order chi connectivity index (χ0) is 12.0. The van der Waals surface area contributed by atoms with E-state index in [1.54, 1.807) is 24.3 Å². The van der Waals surface area contributed by atoms with Crippen LogP contribution in [0.3, 0.4) is 0 Å². The Hall–Kier alpha value is -1.06. The van der Waals surface area contributed by atoms with E-state index < -0.39 is 0 Å². The minimum atomic E-state index is -0.309. The number of quaternary nitrogens is 1. The lowest BCUT2D eigenvalue weighted by Gasteiger charge is -2.07. The summed E-state index contributed by atoms with van der Waals surface area (Å²) in [7, 11) is 4.14. The zero-order valence-electron chi connectivity index (χ0n) is 9.63. The average Bonchev–Trinajstić information content (AvgIpc) is 2.24. The lowest BCUT2D eigenvalue weighted by Crippen LogP contribution is -3.05. The molecular weight excluding hydrogens is 226 g/mol. The SMILES string of the molecule is C[NH+](C)CCCOC(=O)c1cccc(Cl)c1. The molecule has 16 heavy (non-hydrogen) atoms. The maximum atomic E-state index is 11.6. The van der Waals surface area contributed by atoms with Crippen LogP contribution in [0.1, 0.15) is 16.8 Å². The first-order valence-electron chi connectivity index (χ1n) is 5.31. The molecule has 0 bridgehead atoms. The Kier molecular flexibility index (Phi) is 5.29. The van der Waals surface area contributed by atoms with Crippen LogP contribution in [0, 0.1) is 0 Å². The average molecular weight is 243 g/mol. The van der Waals surface area contributed by atoms with E-state index in [1.165, 1.54) is 4.90 Å². The van der Waals surface area contributed by atoms with Gasteiger partial charge in [0.05, 0.1) is 32.8 Å². The van der Waals surface area contributed by atoms with Crippen LogP contribution in [-0.2, 0) is 4.74 Å². The van der Waals surface area contributed by atoms with Gasteiger partial charge in [-0.1, -0.05) is 17.7 Å². The molecule has 1 N–H and O–H groups in total. The van der Waals surface area contributed by atoms with Gasteiger partial charge in [0.25, 0.3) is 0 Å². The van der Waals surface area contributed by atoms with Crippen molar-refractivity contribution in [2.75, 3.05) is 27.2 Å². The van der Waals surface area contributed by atoms with Gasteiger partial charge in [0.1, 0.15) is 0 Å². The summed E-state index contributed by atoms with van der Waals surface area (Å²) < 4.78 is 5.12. The summed E-state index contributed by atoms with van der Waals surface area (Å²) in [5.74, 6) is -0.309. The van der Waals surface area contributed by atoms with Crippen LogP contribution < -0.4 is 4.90 Å². The predicted octanol–water partition coefficient (Wildman–Crippen LogP) is 1.03. The van der Waals surface area contributed by atoms with Crippen LogP contribution in [0.15, 0.2) is 24.3 Å². The highest BCUT2D eigenvalue weighted by atomic mass is 35.5. The Morgan fingerprint density at radius 3 is 2.81 bits per heavy atom. The third-order valence-corrected chi connectivity index (χ3v) is 2.35. The number of ether oxygens (including phenoxy) is 1. The Labute approximate surface area is 101 Å². The van der Waals surface area contributed by atoms with Crippen LogP contribution in [0.2, 0.25) is 5.02 Å². The van der Waals surface area contributed by atoms with E-state index in [9.17, 15) is 4.79 Å². The number of hydrogen-bond donors (Lipinski definition) is 1. The van der Waals surface area contributed by atoms with Crippen molar-refractivity contribution in [2.24, 2.45) is 0 Å². The largest absolute Gasteiger partial charge is 0.462 e. The molecule has 1 aromatic carbocycles. The number of halogens is 1. The molecule has 0 aromatic heterocycles. The van der Waals surface area contributed by atoms with Crippen LogP contribution in [0.4, 0.5) is 0 Å². The van der Waals surface area contributed by atoms with Crippen molar-refractivity contribution in [3.8, 4) is 0 Å². The molecule has 0 spiro atoms. The fourth-order valence-electron chi connectivity index (χ4n) is 1.29. The van der Waals surface area contributed by atoms with Gasteiger partial charge in [-0.15, -0.1) is 0 Å². The van der Waals surface area contributed by atoms with Crippen molar-refractivity contribution in [1.82, 2.24) is 0 Å². The number of benzene rings is 1. The van der Waals surface area contributed by atoms with Crippen molar-refractivity contribution in [3.05, 3.63) is 34.9 Å². The van der Waals surface area contributed by atoms with Gasteiger partial charge in [0, 0.05) is 11.4 Å². The van der Waals surface area contributed by atoms with Crippen molar-refractivity contribution in [3.63, 3.8) is 0 Å². The van der Waals surface area contributed by atoms with Crippen molar-refractivity contribution < 1.29 is 14.4 Å². The molecule has 0 heterocycles. The summed E-state index contributed by atoms with van der Waals surface area (Å²) in [6.07, 6.45) is 0.870. The third kappa shape index (κ3) is 4.64. The van der Waals surface area contributed by atoms with Gasteiger partial charge >= 0.3 is 5.97 Å². The molecule has 0 atom stereocenters. The van der Waals surface area contributed by atoms with E-state index in [0.717, 1.165) is 13.0 Å². The molecule has 0 aliphatic rings. The quantitative estimate of drug-likeness (QED) is 0.618. The highest BCUT2D eigenvalue weighted by Gasteiger charge is 2.07. The monoisotopic (exact) mass is 242 g/mol. The minimum Gasteiger partial charge on any atom is -0.462 e. The molecule has 4 heteroatoms. The number of hydrogen-bond acceptors (Lipinski definition) is 2. The van der Waals surface area contributed by atoms with Crippen LogP contribution >= 0.6 is 11.6 Å². The number of esters is 1. The Morgan fingerprint density at radius 2 is 2.19 bits per heavy atom. The second-order valence-electron chi connectivity index (χ2n) is 3.96. The Bertz CT molecular complexity index is 353. The van der Waals surface area contributed by atoms with Crippen molar-refractivity contribution >= 4 is 17.6 Å². The number of rotatable bonds is 5. The van der Waals surface area contributed by atoms with Gasteiger partial charge in [-0.2, -0.15) is 0 Å². The molecule has 0 saturated heterocycles. The first kappa shape index (κ1) is 13.0. The molecule has 1 rings (SSSR count). The maximum Gasteiger partial charge on any atom is 0.338 e.